The van der Waals surface area contributed by atoms with Crippen molar-refractivity contribution < 1.29 is 0 Å². The number of aromatic nitrogens is 4. The number of nitrogens with zero attached hydrogens (tertiary/aromatic N) is 4. The van der Waals surface area contributed by atoms with Crippen LogP contribution in [0, 0.1) is 0 Å². The maximum atomic E-state index is 12.3. The topological polar surface area (TPSA) is 66.8 Å². The molecular formula is C15H19N5O. The van der Waals surface area contributed by atoms with Gasteiger partial charge in [0, 0.05) is 45.2 Å². The standard InChI is InChI=1S/C15H19N5O/c1-19-11(4-6-16-19)8-20-7-5-13-12(9-20)15(21)18-14(17-13)10-2-3-10/h4,6,10H,2-3,5,7-9H2,1H3,(H,17,18,21). The second-order valence-corrected chi connectivity index (χ2v) is 6.06. The quantitative estimate of drug-likeness (QED) is 0.911. The molecule has 110 valence electrons. The van der Waals surface area contributed by atoms with Gasteiger partial charge in [0.1, 0.15) is 5.82 Å². The Morgan fingerprint density at radius 3 is 3.00 bits per heavy atom. The lowest BCUT2D eigenvalue weighted by atomic mass is 10.1. The van der Waals surface area contributed by atoms with Crippen LogP contribution < -0.4 is 5.56 Å². The lowest BCUT2D eigenvalue weighted by Gasteiger charge is -2.27. The third-order valence-corrected chi connectivity index (χ3v) is 4.44. The molecule has 6 nitrogen and oxygen atoms in total. The van der Waals surface area contributed by atoms with Gasteiger partial charge in [-0.2, -0.15) is 5.10 Å². The molecule has 0 bridgehead atoms. The molecule has 0 spiro atoms. The zero-order valence-electron chi connectivity index (χ0n) is 12.2. The zero-order chi connectivity index (χ0) is 14.4. The van der Waals surface area contributed by atoms with Crippen LogP contribution in [0.1, 0.15) is 41.5 Å². The first-order chi connectivity index (χ1) is 10.2. The van der Waals surface area contributed by atoms with E-state index in [4.69, 9.17) is 0 Å². The van der Waals surface area contributed by atoms with E-state index < -0.39 is 0 Å². The molecule has 1 saturated carbocycles. The number of aromatic amines is 1. The molecule has 0 radical (unpaired) electrons. The molecular weight excluding hydrogens is 266 g/mol. The van der Waals surface area contributed by atoms with E-state index in [0.29, 0.717) is 12.5 Å². The third-order valence-electron chi connectivity index (χ3n) is 4.44. The second-order valence-electron chi connectivity index (χ2n) is 6.06. The molecule has 0 amide bonds. The number of nitrogens with one attached hydrogen (secondary N) is 1. The molecule has 3 heterocycles. The predicted octanol–water partition coefficient (Wildman–Crippen LogP) is 0.939. The summed E-state index contributed by atoms with van der Waals surface area (Å²) in [5.41, 5.74) is 3.06. The molecule has 1 aliphatic heterocycles. The molecule has 0 saturated heterocycles. The maximum absolute atomic E-state index is 12.3. The van der Waals surface area contributed by atoms with Crippen molar-refractivity contribution in [1.82, 2.24) is 24.6 Å². The Hall–Kier alpha value is -1.95. The van der Waals surface area contributed by atoms with E-state index in [1.54, 1.807) is 0 Å². The predicted molar refractivity (Wildman–Crippen MR) is 77.9 cm³/mol. The highest BCUT2D eigenvalue weighted by Gasteiger charge is 2.29. The molecule has 6 heteroatoms. The highest BCUT2D eigenvalue weighted by molar-refractivity contribution is 5.23. The molecule has 2 aromatic rings. The fourth-order valence-corrected chi connectivity index (χ4v) is 2.97. The fraction of sp³-hybridized carbons (Fsp3) is 0.533. The van der Waals surface area contributed by atoms with Crippen molar-refractivity contribution in [3.05, 3.63) is 45.4 Å². The summed E-state index contributed by atoms with van der Waals surface area (Å²) in [6.07, 6.45) is 4.99. The summed E-state index contributed by atoms with van der Waals surface area (Å²) < 4.78 is 1.88. The minimum atomic E-state index is 0.0524. The van der Waals surface area contributed by atoms with Gasteiger partial charge in [-0.3, -0.25) is 14.4 Å². The van der Waals surface area contributed by atoms with Gasteiger partial charge in [-0.1, -0.05) is 0 Å². The van der Waals surface area contributed by atoms with Crippen molar-refractivity contribution in [1.29, 1.82) is 0 Å². The first-order valence-corrected chi connectivity index (χ1v) is 7.52. The van der Waals surface area contributed by atoms with Crippen LogP contribution >= 0.6 is 0 Å². The van der Waals surface area contributed by atoms with E-state index in [0.717, 1.165) is 55.1 Å². The van der Waals surface area contributed by atoms with Crippen LogP contribution in [-0.4, -0.2) is 31.2 Å². The lowest BCUT2D eigenvalue weighted by molar-refractivity contribution is 0.235. The SMILES string of the molecule is Cn1nccc1CN1CCc2nc(C3CC3)[nH]c(=O)c2C1. The van der Waals surface area contributed by atoms with Gasteiger partial charge in [0.15, 0.2) is 0 Å². The van der Waals surface area contributed by atoms with Gasteiger partial charge < -0.3 is 4.98 Å². The molecule has 4 rings (SSSR count). The van der Waals surface area contributed by atoms with Crippen molar-refractivity contribution in [3.8, 4) is 0 Å². The van der Waals surface area contributed by atoms with Gasteiger partial charge in [0.05, 0.1) is 17.0 Å². The van der Waals surface area contributed by atoms with Crippen LogP contribution in [0.2, 0.25) is 0 Å². The highest BCUT2D eigenvalue weighted by Crippen LogP contribution is 2.37. The van der Waals surface area contributed by atoms with Crippen molar-refractivity contribution in [3.63, 3.8) is 0 Å². The molecule has 1 aliphatic carbocycles. The Bertz CT molecular complexity index is 728. The lowest BCUT2D eigenvalue weighted by Crippen LogP contribution is -2.36. The minimum absolute atomic E-state index is 0.0524. The molecule has 2 aromatic heterocycles. The molecule has 0 unspecified atom stereocenters. The van der Waals surface area contributed by atoms with E-state index in [9.17, 15) is 4.79 Å². The van der Waals surface area contributed by atoms with Crippen molar-refractivity contribution in [2.75, 3.05) is 6.54 Å². The average molecular weight is 285 g/mol. The number of hydrogen-bond acceptors (Lipinski definition) is 4. The van der Waals surface area contributed by atoms with Gasteiger partial charge in [-0.15, -0.1) is 0 Å². The van der Waals surface area contributed by atoms with Crippen molar-refractivity contribution in [2.45, 2.75) is 38.3 Å². The van der Waals surface area contributed by atoms with Gasteiger partial charge >= 0.3 is 0 Å². The van der Waals surface area contributed by atoms with Crippen LogP contribution in [0.15, 0.2) is 17.1 Å². The van der Waals surface area contributed by atoms with Gasteiger partial charge in [-0.05, 0) is 18.9 Å². The summed E-state index contributed by atoms with van der Waals surface area (Å²) in [5, 5.41) is 4.19. The summed E-state index contributed by atoms with van der Waals surface area (Å²) in [6, 6.07) is 2.02. The monoisotopic (exact) mass is 285 g/mol. The minimum Gasteiger partial charge on any atom is -0.310 e. The summed E-state index contributed by atoms with van der Waals surface area (Å²) in [4.78, 5) is 22.2. The Balaban J connectivity index is 1.57. The number of rotatable bonds is 3. The number of H-pyrrole nitrogens is 1. The molecule has 0 atom stereocenters. The average Bonchev–Trinajstić information content (AvgIpc) is 3.25. The molecule has 2 aliphatic rings. The third kappa shape index (κ3) is 2.40. The Morgan fingerprint density at radius 2 is 2.29 bits per heavy atom. The van der Waals surface area contributed by atoms with E-state index in [1.807, 2.05) is 24.0 Å². The van der Waals surface area contributed by atoms with Crippen LogP contribution in [0.4, 0.5) is 0 Å². The van der Waals surface area contributed by atoms with E-state index in [-0.39, 0.29) is 5.56 Å². The Morgan fingerprint density at radius 1 is 1.43 bits per heavy atom. The van der Waals surface area contributed by atoms with Crippen molar-refractivity contribution in [2.24, 2.45) is 7.05 Å². The maximum Gasteiger partial charge on any atom is 0.255 e. The fourth-order valence-electron chi connectivity index (χ4n) is 2.97. The van der Waals surface area contributed by atoms with E-state index in [2.05, 4.69) is 20.0 Å². The molecule has 0 aromatic carbocycles. The largest absolute Gasteiger partial charge is 0.310 e. The first-order valence-electron chi connectivity index (χ1n) is 7.52. The van der Waals surface area contributed by atoms with Crippen molar-refractivity contribution >= 4 is 0 Å². The first kappa shape index (κ1) is 12.8. The van der Waals surface area contributed by atoms with Gasteiger partial charge in [-0.25, -0.2) is 4.98 Å². The highest BCUT2D eigenvalue weighted by atomic mass is 16.1. The molecule has 1 fully saturated rings. The summed E-state index contributed by atoms with van der Waals surface area (Å²) in [7, 11) is 1.95. The smallest absolute Gasteiger partial charge is 0.255 e. The van der Waals surface area contributed by atoms with Crippen LogP contribution in [-0.2, 0) is 26.6 Å². The Kier molecular flexibility index (Phi) is 2.92. The molecule has 1 N–H and O–H groups in total. The summed E-state index contributed by atoms with van der Waals surface area (Å²) in [5.74, 6) is 1.40. The second kappa shape index (κ2) is 4.80. The number of fused-ring (bicyclic) bond motifs is 1. The van der Waals surface area contributed by atoms with Gasteiger partial charge in [0.25, 0.3) is 5.56 Å². The molecule has 21 heavy (non-hydrogen) atoms. The zero-order valence-corrected chi connectivity index (χ0v) is 12.2. The normalized spacial score (nSPS) is 18.7. The number of hydrogen-bond donors (Lipinski definition) is 1. The Labute approximate surface area is 122 Å². The van der Waals surface area contributed by atoms with Gasteiger partial charge in [0.2, 0.25) is 0 Å². The summed E-state index contributed by atoms with van der Waals surface area (Å²) in [6.45, 7) is 2.44. The van der Waals surface area contributed by atoms with Crippen LogP contribution in [0.25, 0.3) is 0 Å². The number of aryl methyl sites for hydroxylation is 1. The van der Waals surface area contributed by atoms with Crippen LogP contribution in [0.3, 0.4) is 0 Å². The van der Waals surface area contributed by atoms with E-state index >= 15 is 0 Å². The van der Waals surface area contributed by atoms with E-state index in [1.165, 1.54) is 0 Å². The summed E-state index contributed by atoms with van der Waals surface area (Å²) >= 11 is 0. The van der Waals surface area contributed by atoms with Crippen LogP contribution in [0.5, 0.6) is 0 Å².